The van der Waals surface area contributed by atoms with E-state index in [0.717, 1.165) is 14.7 Å². The van der Waals surface area contributed by atoms with Crippen LogP contribution >= 0.6 is 50.1 Å². The van der Waals surface area contributed by atoms with Crippen LogP contribution in [0.15, 0.2) is 70.7 Å². The summed E-state index contributed by atoms with van der Waals surface area (Å²) in [6.45, 7) is 2.33. The molecule has 3 rings (SSSR count). The van der Waals surface area contributed by atoms with E-state index in [2.05, 4.69) is 43.8 Å². The van der Waals surface area contributed by atoms with E-state index in [4.69, 9.17) is 16.3 Å². The fraction of sp³-hybridized carbons (Fsp3) is 0.0833. The van der Waals surface area contributed by atoms with Gasteiger partial charge in [0.1, 0.15) is 18.2 Å². The standard InChI is InChI=1S/C24H17BrClIN2O2/c1-15-2-8-20(9-3-15)29-24(30)18(13-28)10-17-11-21(25)23(22(26)12-17)31-14-16-4-6-19(27)7-5-16/h2-12H,14H2,1H3,(H,29,30)/b18-10-. The fourth-order valence-electron chi connectivity index (χ4n) is 2.69. The van der Waals surface area contributed by atoms with Crippen molar-refractivity contribution in [3.8, 4) is 11.8 Å². The molecule has 0 bridgehead atoms. The Morgan fingerprint density at radius 3 is 2.48 bits per heavy atom. The van der Waals surface area contributed by atoms with Crippen molar-refractivity contribution in [1.82, 2.24) is 0 Å². The van der Waals surface area contributed by atoms with E-state index in [0.29, 0.717) is 33.1 Å². The van der Waals surface area contributed by atoms with Crippen molar-refractivity contribution < 1.29 is 9.53 Å². The molecule has 31 heavy (non-hydrogen) atoms. The number of amides is 1. The molecule has 0 atom stereocenters. The Morgan fingerprint density at radius 1 is 1.19 bits per heavy atom. The van der Waals surface area contributed by atoms with E-state index in [9.17, 15) is 10.1 Å². The number of aryl methyl sites for hydroxylation is 1. The minimum Gasteiger partial charge on any atom is -0.486 e. The molecule has 0 aliphatic rings. The van der Waals surface area contributed by atoms with Gasteiger partial charge in [0, 0.05) is 9.26 Å². The van der Waals surface area contributed by atoms with Crippen LogP contribution in [0.2, 0.25) is 5.02 Å². The number of ether oxygens (including phenoxy) is 1. The number of hydrogen-bond acceptors (Lipinski definition) is 3. The summed E-state index contributed by atoms with van der Waals surface area (Å²) in [5.41, 5.74) is 3.30. The molecule has 0 heterocycles. The molecule has 1 N–H and O–H groups in total. The second-order valence-corrected chi connectivity index (χ2v) is 9.23. The van der Waals surface area contributed by atoms with Crippen LogP contribution in [0.4, 0.5) is 5.69 Å². The summed E-state index contributed by atoms with van der Waals surface area (Å²) in [4.78, 5) is 12.5. The zero-order valence-corrected chi connectivity index (χ0v) is 21.0. The third-order valence-corrected chi connectivity index (χ3v) is 5.89. The van der Waals surface area contributed by atoms with Gasteiger partial charge in [-0.05, 0) is 99.0 Å². The van der Waals surface area contributed by atoms with Crippen LogP contribution < -0.4 is 10.1 Å². The van der Waals surface area contributed by atoms with Crippen LogP contribution in [0, 0.1) is 21.8 Å². The van der Waals surface area contributed by atoms with Crippen molar-refractivity contribution in [3.05, 3.63) is 96.0 Å². The molecule has 3 aromatic rings. The highest BCUT2D eigenvalue weighted by Crippen LogP contribution is 2.35. The highest BCUT2D eigenvalue weighted by molar-refractivity contribution is 14.1. The normalized spacial score (nSPS) is 11.0. The number of benzene rings is 3. The number of halogens is 3. The minimum atomic E-state index is -0.488. The topological polar surface area (TPSA) is 62.1 Å². The number of nitriles is 1. The van der Waals surface area contributed by atoms with E-state index in [1.54, 1.807) is 24.3 Å². The highest BCUT2D eigenvalue weighted by atomic mass is 127. The molecule has 1 amide bonds. The first-order valence-corrected chi connectivity index (χ1v) is 11.5. The number of nitrogens with one attached hydrogen (secondary N) is 1. The summed E-state index contributed by atoms with van der Waals surface area (Å²) in [7, 11) is 0. The summed E-state index contributed by atoms with van der Waals surface area (Å²) in [5, 5.41) is 12.6. The Labute approximate surface area is 208 Å². The SMILES string of the molecule is Cc1ccc(NC(=O)/C(C#N)=C\c2cc(Cl)c(OCc3ccc(I)cc3)c(Br)c2)cc1. The molecular formula is C24H17BrClIN2O2. The van der Waals surface area contributed by atoms with Gasteiger partial charge >= 0.3 is 0 Å². The molecule has 4 nitrogen and oxygen atoms in total. The average molecular weight is 608 g/mol. The van der Waals surface area contributed by atoms with E-state index in [1.165, 1.54) is 6.08 Å². The summed E-state index contributed by atoms with van der Waals surface area (Å²) in [5.74, 6) is 0.0117. The van der Waals surface area contributed by atoms with Gasteiger partial charge in [0.25, 0.3) is 5.91 Å². The van der Waals surface area contributed by atoms with Crippen molar-refractivity contribution in [2.24, 2.45) is 0 Å². The predicted octanol–water partition coefficient (Wildman–Crippen LogP) is 7.14. The molecule has 0 unspecified atom stereocenters. The first-order valence-electron chi connectivity index (χ1n) is 9.22. The van der Waals surface area contributed by atoms with Gasteiger partial charge in [-0.2, -0.15) is 5.26 Å². The lowest BCUT2D eigenvalue weighted by Gasteiger charge is -2.11. The fourth-order valence-corrected chi connectivity index (χ4v) is 4.04. The lowest BCUT2D eigenvalue weighted by Crippen LogP contribution is -2.13. The van der Waals surface area contributed by atoms with Crippen molar-refractivity contribution in [2.45, 2.75) is 13.5 Å². The summed E-state index contributed by atoms with van der Waals surface area (Å²) < 4.78 is 7.65. The van der Waals surface area contributed by atoms with Crippen LogP contribution in [0.25, 0.3) is 6.08 Å². The average Bonchev–Trinajstić information content (AvgIpc) is 2.74. The Hall–Kier alpha value is -2.34. The Morgan fingerprint density at radius 2 is 1.87 bits per heavy atom. The molecular weight excluding hydrogens is 591 g/mol. The summed E-state index contributed by atoms with van der Waals surface area (Å²) in [6, 6.07) is 20.7. The zero-order chi connectivity index (χ0) is 22.4. The third-order valence-electron chi connectivity index (χ3n) is 4.30. The summed E-state index contributed by atoms with van der Waals surface area (Å²) in [6.07, 6.45) is 1.49. The highest BCUT2D eigenvalue weighted by Gasteiger charge is 2.13. The Balaban J connectivity index is 1.76. The van der Waals surface area contributed by atoms with Crippen LogP contribution in [0.5, 0.6) is 5.75 Å². The van der Waals surface area contributed by atoms with Crippen molar-refractivity contribution >= 4 is 67.8 Å². The van der Waals surface area contributed by atoms with Crippen LogP contribution in [-0.4, -0.2) is 5.91 Å². The minimum absolute atomic E-state index is 0.0314. The monoisotopic (exact) mass is 606 g/mol. The quantitative estimate of drug-likeness (QED) is 0.184. The molecule has 0 spiro atoms. The maximum absolute atomic E-state index is 12.5. The molecule has 0 fully saturated rings. The molecule has 0 aromatic heterocycles. The molecule has 156 valence electrons. The number of nitrogens with zero attached hydrogens (tertiary/aromatic N) is 1. The number of carbonyl (C=O) groups excluding carboxylic acids is 1. The number of rotatable bonds is 6. The largest absolute Gasteiger partial charge is 0.486 e. The van der Waals surface area contributed by atoms with E-state index in [1.807, 2.05) is 49.4 Å². The van der Waals surface area contributed by atoms with Crippen LogP contribution in [0.3, 0.4) is 0 Å². The molecule has 7 heteroatoms. The second kappa shape index (κ2) is 10.8. The van der Waals surface area contributed by atoms with Crippen LogP contribution in [0.1, 0.15) is 16.7 Å². The van der Waals surface area contributed by atoms with E-state index >= 15 is 0 Å². The number of anilines is 1. The lowest BCUT2D eigenvalue weighted by molar-refractivity contribution is -0.112. The zero-order valence-electron chi connectivity index (χ0n) is 16.5. The van der Waals surface area contributed by atoms with Gasteiger partial charge in [0.15, 0.2) is 5.75 Å². The van der Waals surface area contributed by atoms with Gasteiger partial charge < -0.3 is 10.1 Å². The molecule has 0 radical (unpaired) electrons. The second-order valence-electron chi connectivity index (χ2n) is 6.72. The maximum Gasteiger partial charge on any atom is 0.266 e. The Bertz CT molecular complexity index is 1150. The van der Waals surface area contributed by atoms with Gasteiger partial charge in [-0.25, -0.2) is 0 Å². The van der Waals surface area contributed by atoms with E-state index < -0.39 is 5.91 Å². The van der Waals surface area contributed by atoms with Crippen molar-refractivity contribution in [3.63, 3.8) is 0 Å². The van der Waals surface area contributed by atoms with Gasteiger partial charge in [-0.1, -0.05) is 41.4 Å². The molecule has 0 saturated heterocycles. The first-order chi connectivity index (χ1) is 14.9. The lowest BCUT2D eigenvalue weighted by atomic mass is 10.1. The molecule has 0 aliphatic heterocycles. The first kappa shape index (κ1) is 23.3. The van der Waals surface area contributed by atoms with Gasteiger partial charge in [0.2, 0.25) is 0 Å². The number of hydrogen-bond donors (Lipinski definition) is 1. The smallest absolute Gasteiger partial charge is 0.266 e. The maximum atomic E-state index is 12.5. The van der Waals surface area contributed by atoms with Gasteiger partial charge in [0.05, 0.1) is 9.50 Å². The third kappa shape index (κ3) is 6.57. The van der Waals surface area contributed by atoms with Gasteiger partial charge in [-0.3, -0.25) is 4.79 Å². The number of carbonyl (C=O) groups is 1. The van der Waals surface area contributed by atoms with Gasteiger partial charge in [-0.15, -0.1) is 0 Å². The molecule has 0 saturated carbocycles. The van der Waals surface area contributed by atoms with Crippen molar-refractivity contribution in [1.29, 1.82) is 5.26 Å². The van der Waals surface area contributed by atoms with E-state index in [-0.39, 0.29) is 5.57 Å². The van der Waals surface area contributed by atoms with Crippen molar-refractivity contribution in [2.75, 3.05) is 5.32 Å². The molecule has 3 aromatic carbocycles. The molecule has 0 aliphatic carbocycles. The Kier molecular flexibility index (Phi) is 8.13. The summed E-state index contributed by atoms with van der Waals surface area (Å²) >= 11 is 12.1. The predicted molar refractivity (Wildman–Crippen MR) is 136 cm³/mol. The van der Waals surface area contributed by atoms with Crippen LogP contribution in [-0.2, 0) is 11.4 Å².